The van der Waals surface area contributed by atoms with Crippen molar-refractivity contribution in [1.82, 2.24) is 20.0 Å². The Balaban J connectivity index is 1.33. The zero-order valence-corrected chi connectivity index (χ0v) is 17.4. The van der Waals surface area contributed by atoms with Crippen molar-refractivity contribution in [2.75, 3.05) is 20.2 Å². The summed E-state index contributed by atoms with van der Waals surface area (Å²) in [5.41, 5.74) is 0.771. The number of rotatable bonds is 9. The molecule has 7 nitrogen and oxygen atoms in total. The van der Waals surface area contributed by atoms with E-state index in [2.05, 4.69) is 20.0 Å². The molecular formula is C23H28N4O3. The molecule has 1 aromatic carbocycles. The van der Waals surface area contributed by atoms with Crippen LogP contribution in [0.4, 0.5) is 0 Å². The molecule has 0 aliphatic heterocycles. The summed E-state index contributed by atoms with van der Waals surface area (Å²) < 4.78 is 17.4. The third kappa shape index (κ3) is 5.57. The molecule has 0 bridgehead atoms. The molecule has 0 atom stereocenters. The van der Waals surface area contributed by atoms with Gasteiger partial charge in [0.15, 0.2) is 0 Å². The number of hydrogen-bond acceptors (Lipinski definition) is 7. The number of para-hydroxylation sites is 1. The minimum absolute atomic E-state index is 0.217. The van der Waals surface area contributed by atoms with Crippen LogP contribution in [-0.2, 0) is 6.54 Å². The van der Waals surface area contributed by atoms with Crippen LogP contribution in [0.15, 0.2) is 53.2 Å². The molecule has 0 saturated heterocycles. The molecule has 2 aromatic heterocycles. The molecule has 1 saturated carbocycles. The van der Waals surface area contributed by atoms with Gasteiger partial charge >= 0.3 is 0 Å². The first-order valence-corrected chi connectivity index (χ1v) is 10.6. The van der Waals surface area contributed by atoms with Crippen molar-refractivity contribution in [3.8, 4) is 23.0 Å². The Hall–Kier alpha value is -2.93. The fourth-order valence-electron chi connectivity index (χ4n) is 3.57. The van der Waals surface area contributed by atoms with Gasteiger partial charge in [-0.1, -0.05) is 29.8 Å². The molecule has 3 aromatic rings. The Bertz CT molecular complexity index is 910. The predicted octanol–water partition coefficient (Wildman–Crippen LogP) is 4.35. The van der Waals surface area contributed by atoms with Crippen LogP contribution in [-0.4, -0.2) is 46.3 Å². The van der Waals surface area contributed by atoms with E-state index in [0.717, 1.165) is 30.7 Å². The Morgan fingerprint density at radius 2 is 1.90 bits per heavy atom. The maximum absolute atomic E-state index is 6.17. The van der Waals surface area contributed by atoms with Gasteiger partial charge in [0, 0.05) is 12.7 Å². The SMILES string of the molecule is CN(CCOc1ccccc1)Cc1nc(-c2cccnc2OC2CCCCC2)no1. The maximum Gasteiger partial charge on any atom is 0.241 e. The molecule has 7 heteroatoms. The lowest BCUT2D eigenvalue weighted by Gasteiger charge is -2.22. The number of likely N-dealkylation sites (N-methyl/N-ethyl adjacent to an activating group) is 1. The second-order valence-electron chi connectivity index (χ2n) is 7.65. The molecule has 0 amide bonds. The molecule has 0 unspecified atom stereocenters. The van der Waals surface area contributed by atoms with Crippen molar-refractivity contribution in [1.29, 1.82) is 0 Å². The van der Waals surface area contributed by atoms with E-state index in [0.29, 0.717) is 30.7 Å². The second-order valence-corrected chi connectivity index (χ2v) is 7.65. The fourth-order valence-corrected chi connectivity index (χ4v) is 3.57. The Kier molecular flexibility index (Phi) is 6.92. The molecule has 158 valence electrons. The maximum atomic E-state index is 6.17. The van der Waals surface area contributed by atoms with Crippen LogP contribution in [0.5, 0.6) is 11.6 Å². The van der Waals surface area contributed by atoms with E-state index in [1.54, 1.807) is 6.20 Å². The van der Waals surface area contributed by atoms with E-state index in [1.807, 2.05) is 49.5 Å². The standard InChI is InChI=1S/C23H28N4O3/c1-27(15-16-28-18-9-4-2-5-10-18)17-21-25-22(26-30-21)20-13-8-14-24-23(20)29-19-11-6-3-7-12-19/h2,4-5,8-10,13-14,19H,3,6-7,11-12,15-17H2,1H3. The number of nitrogens with zero attached hydrogens (tertiary/aromatic N) is 4. The summed E-state index contributed by atoms with van der Waals surface area (Å²) in [7, 11) is 2.00. The van der Waals surface area contributed by atoms with Crippen molar-refractivity contribution in [3.63, 3.8) is 0 Å². The molecule has 0 N–H and O–H groups in total. The van der Waals surface area contributed by atoms with Crippen LogP contribution in [0, 0.1) is 0 Å². The zero-order valence-electron chi connectivity index (χ0n) is 17.4. The van der Waals surface area contributed by atoms with Crippen molar-refractivity contribution < 1.29 is 14.0 Å². The highest BCUT2D eigenvalue weighted by atomic mass is 16.5. The van der Waals surface area contributed by atoms with E-state index in [4.69, 9.17) is 14.0 Å². The van der Waals surface area contributed by atoms with Gasteiger partial charge in [0.2, 0.25) is 17.6 Å². The van der Waals surface area contributed by atoms with Gasteiger partial charge in [0.1, 0.15) is 18.5 Å². The van der Waals surface area contributed by atoms with E-state index >= 15 is 0 Å². The van der Waals surface area contributed by atoms with Gasteiger partial charge in [0.25, 0.3) is 0 Å². The summed E-state index contributed by atoms with van der Waals surface area (Å²) in [5.74, 6) is 2.52. The molecule has 30 heavy (non-hydrogen) atoms. The van der Waals surface area contributed by atoms with Gasteiger partial charge in [-0.25, -0.2) is 4.98 Å². The molecule has 1 aliphatic carbocycles. The third-order valence-electron chi connectivity index (χ3n) is 5.20. The topological polar surface area (TPSA) is 73.5 Å². The van der Waals surface area contributed by atoms with E-state index < -0.39 is 0 Å². The van der Waals surface area contributed by atoms with E-state index in [9.17, 15) is 0 Å². The Labute approximate surface area is 177 Å². The summed E-state index contributed by atoms with van der Waals surface area (Å²) in [4.78, 5) is 11.1. The number of aromatic nitrogens is 3. The Morgan fingerprint density at radius 1 is 1.07 bits per heavy atom. The normalized spacial score (nSPS) is 14.7. The first-order chi connectivity index (χ1) is 14.8. The lowest BCUT2D eigenvalue weighted by molar-refractivity contribution is 0.149. The van der Waals surface area contributed by atoms with Crippen LogP contribution in [0.1, 0.15) is 38.0 Å². The zero-order chi connectivity index (χ0) is 20.6. The highest BCUT2D eigenvalue weighted by Gasteiger charge is 2.20. The average molecular weight is 409 g/mol. The lowest BCUT2D eigenvalue weighted by atomic mass is 9.98. The van der Waals surface area contributed by atoms with E-state index in [1.165, 1.54) is 19.3 Å². The highest BCUT2D eigenvalue weighted by molar-refractivity contribution is 5.60. The van der Waals surface area contributed by atoms with Crippen molar-refractivity contribution in [3.05, 3.63) is 54.6 Å². The van der Waals surface area contributed by atoms with Gasteiger partial charge in [-0.3, -0.25) is 4.90 Å². The lowest BCUT2D eigenvalue weighted by Crippen LogP contribution is -2.24. The van der Waals surface area contributed by atoms with Crippen molar-refractivity contribution in [2.24, 2.45) is 0 Å². The second kappa shape index (κ2) is 10.2. The monoisotopic (exact) mass is 408 g/mol. The minimum Gasteiger partial charge on any atom is -0.492 e. The molecule has 2 heterocycles. The number of ether oxygens (including phenoxy) is 2. The smallest absolute Gasteiger partial charge is 0.241 e. The van der Waals surface area contributed by atoms with Crippen LogP contribution in [0.25, 0.3) is 11.4 Å². The van der Waals surface area contributed by atoms with Crippen LogP contribution >= 0.6 is 0 Å². The van der Waals surface area contributed by atoms with Crippen molar-refractivity contribution in [2.45, 2.75) is 44.8 Å². The molecule has 1 aliphatic rings. The molecule has 0 spiro atoms. The summed E-state index contributed by atoms with van der Waals surface area (Å²) >= 11 is 0. The fraction of sp³-hybridized carbons (Fsp3) is 0.435. The average Bonchev–Trinajstić information content (AvgIpc) is 3.24. The Morgan fingerprint density at radius 3 is 2.73 bits per heavy atom. The summed E-state index contributed by atoms with van der Waals surface area (Å²) in [6.45, 7) is 1.88. The van der Waals surface area contributed by atoms with Crippen LogP contribution in [0.2, 0.25) is 0 Å². The first-order valence-electron chi connectivity index (χ1n) is 10.6. The summed E-state index contributed by atoms with van der Waals surface area (Å²) in [6, 6.07) is 13.6. The molecular weight excluding hydrogens is 380 g/mol. The van der Waals surface area contributed by atoms with Gasteiger partial charge in [0.05, 0.1) is 12.1 Å². The predicted molar refractivity (Wildman–Crippen MR) is 113 cm³/mol. The molecule has 4 rings (SSSR count). The van der Waals surface area contributed by atoms with Gasteiger partial charge < -0.3 is 14.0 Å². The molecule has 1 fully saturated rings. The van der Waals surface area contributed by atoms with E-state index in [-0.39, 0.29) is 6.10 Å². The van der Waals surface area contributed by atoms with Gasteiger partial charge in [-0.2, -0.15) is 4.98 Å². The van der Waals surface area contributed by atoms with Crippen LogP contribution < -0.4 is 9.47 Å². The van der Waals surface area contributed by atoms with Gasteiger partial charge in [-0.05, 0) is 57.0 Å². The van der Waals surface area contributed by atoms with Gasteiger partial charge in [-0.15, -0.1) is 0 Å². The largest absolute Gasteiger partial charge is 0.492 e. The quantitative estimate of drug-likeness (QED) is 0.521. The first kappa shape index (κ1) is 20.3. The highest BCUT2D eigenvalue weighted by Crippen LogP contribution is 2.29. The summed E-state index contributed by atoms with van der Waals surface area (Å²) in [6.07, 6.45) is 7.80. The number of hydrogen-bond donors (Lipinski definition) is 0. The summed E-state index contributed by atoms with van der Waals surface area (Å²) in [5, 5.41) is 4.16. The number of benzene rings is 1. The van der Waals surface area contributed by atoms with Crippen LogP contribution in [0.3, 0.4) is 0 Å². The van der Waals surface area contributed by atoms with Crippen molar-refractivity contribution >= 4 is 0 Å². The number of pyridine rings is 1. The minimum atomic E-state index is 0.217. The third-order valence-corrected chi connectivity index (χ3v) is 5.20. The molecule has 0 radical (unpaired) electrons.